The average Bonchev–Trinajstić information content (AvgIpc) is 3.52. The van der Waals surface area contributed by atoms with Gasteiger partial charge in [-0.3, -0.25) is 0 Å². The van der Waals surface area contributed by atoms with Gasteiger partial charge in [-0.25, -0.2) is 24.6 Å². The Morgan fingerprint density at radius 1 is 0.310 bits per heavy atom. The first kappa shape index (κ1) is 49.8. The third-order valence-corrected chi connectivity index (χ3v) is 15.5. The monoisotopic (exact) mass is 1070 g/mol. The zero-order chi connectivity index (χ0) is 56.8. The van der Waals surface area contributed by atoms with E-state index in [0.717, 1.165) is 99.2 Å². The van der Waals surface area contributed by atoms with Gasteiger partial charge in [0.25, 0.3) is 0 Å². The lowest BCUT2D eigenvalue weighted by molar-refractivity contribution is 1.06. The largest absolute Gasteiger partial charge is 0.308 e. The van der Waals surface area contributed by atoms with E-state index in [4.69, 9.17) is 28.1 Å². The Kier molecular flexibility index (Phi) is 12.2. The second kappa shape index (κ2) is 20.6. The molecule has 0 aliphatic heterocycles. The highest BCUT2D eigenvalue weighted by molar-refractivity contribution is 6.14. The molecule has 0 atom stereocenters. The Morgan fingerprint density at radius 2 is 0.643 bits per heavy atom. The summed E-state index contributed by atoms with van der Waals surface area (Å²) < 4.78 is 4.36. The van der Waals surface area contributed by atoms with Crippen molar-refractivity contribution in [1.29, 1.82) is 15.8 Å². The number of fused-ring (bicyclic) bond motifs is 6. The van der Waals surface area contributed by atoms with Crippen LogP contribution in [0.2, 0.25) is 0 Å². The van der Waals surface area contributed by atoms with Crippen LogP contribution in [0.3, 0.4) is 0 Å². The van der Waals surface area contributed by atoms with Gasteiger partial charge in [0.05, 0.1) is 75.4 Å². The van der Waals surface area contributed by atoms with Gasteiger partial charge in [0.2, 0.25) is 0 Å². The van der Waals surface area contributed by atoms with E-state index >= 15 is 0 Å². The number of nitriles is 3. The summed E-state index contributed by atoms with van der Waals surface area (Å²) in [6.07, 6.45) is 0. The first-order valence-corrected chi connectivity index (χ1v) is 27.0. The smallest absolute Gasteiger partial charge is 0.187 e. The van der Waals surface area contributed by atoms with Crippen molar-refractivity contribution in [2.75, 3.05) is 0 Å². The maximum Gasteiger partial charge on any atom is 0.187 e. The van der Waals surface area contributed by atoms with Crippen molar-refractivity contribution in [2.24, 2.45) is 0 Å². The lowest BCUT2D eigenvalue weighted by Gasteiger charge is -2.19. The molecule has 0 radical (unpaired) electrons. The molecule has 11 aromatic carbocycles. The number of hydrogen-bond donors (Lipinski definition) is 0. The molecule has 14 aromatic rings. The fraction of sp³-hybridized carbons (Fsp3) is 0. The topological polar surface area (TPSA) is 129 Å². The first-order valence-electron chi connectivity index (χ1n) is 27.0. The highest BCUT2D eigenvalue weighted by Crippen LogP contribution is 2.44. The first-order chi connectivity index (χ1) is 41.4. The minimum atomic E-state index is 0.387. The van der Waals surface area contributed by atoms with Gasteiger partial charge in [-0.2, -0.15) is 15.8 Å². The van der Waals surface area contributed by atoms with E-state index in [9.17, 15) is 15.8 Å². The van der Waals surface area contributed by atoms with E-state index in [-0.39, 0.29) is 0 Å². The second-order valence-corrected chi connectivity index (χ2v) is 20.3. The fourth-order valence-corrected chi connectivity index (χ4v) is 11.4. The number of hydrogen-bond acceptors (Lipinski definition) is 6. The molecule has 0 amide bonds. The Labute approximate surface area is 482 Å². The predicted octanol–water partition coefficient (Wildman–Crippen LogP) is 18.5. The second-order valence-electron chi connectivity index (χ2n) is 20.3. The molecule has 0 aliphatic carbocycles. The normalized spacial score (nSPS) is 11.0. The van der Waals surface area contributed by atoms with Crippen LogP contribution in [0.4, 0.5) is 11.4 Å². The van der Waals surface area contributed by atoms with Crippen molar-refractivity contribution >= 4 is 55.0 Å². The van der Waals surface area contributed by atoms with Gasteiger partial charge >= 0.3 is 0 Å². The van der Waals surface area contributed by atoms with Gasteiger partial charge in [0.15, 0.2) is 28.8 Å². The summed E-state index contributed by atoms with van der Waals surface area (Å²) in [5.41, 5.74) is 17.2. The molecule has 3 aromatic heterocycles. The number of benzene rings is 11. The van der Waals surface area contributed by atoms with Gasteiger partial charge in [-0.1, -0.05) is 158 Å². The van der Waals surface area contributed by atoms with E-state index < -0.39 is 0 Å². The molecule has 14 rings (SSSR count). The SMILES string of the molecule is [C-]#[N+]c1ccc(-c2ccc3c(c2)c2cc(-c4ccc([N+]#[C-])cc4)ccc2n3-c2cc(-c3nc(-c4ccccc4)nc(-c4ccccc4)n3)c(-n3c4ccc(-c5ccc(C#N)cc5)cc4c4cc(-c5ccc(C#N)cc5)ccc43)cc2C#N)cc1. The van der Waals surface area contributed by atoms with E-state index in [1.807, 2.05) is 170 Å². The molecular weight excluding hydrogens is 1030 g/mol. The lowest BCUT2D eigenvalue weighted by atomic mass is 9.99. The van der Waals surface area contributed by atoms with Crippen molar-refractivity contribution in [3.05, 3.63) is 282 Å². The molecular formula is C74H40N10. The number of rotatable bonds is 9. The van der Waals surface area contributed by atoms with Crippen molar-refractivity contribution in [3.8, 4) is 108 Å². The third kappa shape index (κ3) is 8.70. The highest BCUT2D eigenvalue weighted by atomic mass is 15.1. The molecule has 10 nitrogen and oxygen atoms in total. The van der Waals surface area contributed by atoms with Crippen LogP contribution in [0.1, 0.15) is 16.7 Å². The van der Waals surface area contributed by atoms with Crippen LogP contribution in [0.15, 0.2) is 243 Å². The van der Waals surface area contributed by atoms with E-state index in [1.54, 1.807) is 0 Å². The van der Waals surface area contributed by atoms with Crippen molar-refractivity contribution < 1.29 is 0 Å². The van der Waals surface area contributed by atoms with Crippen LogP contribution >= 0.6 is 0 Å². The molecule has 3 heterocycles. The summed E-state index contributed by atoms with van der Waals surface area (Å²) in [7, 11) is 0. The molecule has 0 N–H and O–H groups in total. The maximum atomic E-state index is 11.7. The molecule has 0 aliphatic rings. The molecule has 386 valence electrons. The number of aromatic nitrogens is 5. The Hall–Kier alpha value is -12.5. The molecule has 0 saturated heterocycles. The van der Waals surface area contributed by atoms with Gasteiger partial charge in [0, 0.05) is 38.2 Å². The van der Waals surface area contributed by atoms with Crippen LogP contribution in [0.25, 0.3) is 143 Å². The zero-order valence-electron chi connectivity index (χ0n) is 44.6. The van der Waals surface area contributed by atoms with Gasteiger partial charge in [0.1, 0.15) is 6.07 Å². The summed E-state index contributed by atoms with van der Waals surface area (Å²) >= 11 is 0. The molecule has 0 spiro atoms. The van der Waals surface area contributed by atoms with Crippen LogP contribution in [-0.4, -0.2) is 24.1 Å². The summed E-state index contributed by atoms with van der Waals surface area (Å²) in [6, 6.07) is 86.7. The number of nitrogens with zero attached hydrogens (tertiary/aromatic N) is 10. The van der Waals surface area contributed by atoms with E-state index in [1.165, 1.54) is 0 Å². The average molecular weight is 1070 g/mol. The van der Waals surface area contributed by atoms with Gasteiger partial charge in [-0.15, -0.1) is 0 Å². The van der Waals surface area contributed by atoms with Gasteiger partial charge in [-0.05, 0) is 129 Å². The van der Waals surface area contributed by atoms with Crippen LogP contribution in [0.5, 0.6) is 0 Å². The van der Waals surface area contributed by atoms with E-state index in [2.05, 4.69) is 110 Å². The molecule has 0 saturated carbocycles. The Morgan fingerprint density at radius 3 is 0.988 bits per heavy atom. The molecule has 0 fully saturated rings. The van der Waals surface area contributed by atoms with Crippen LogP contribution in [0, 0.1) is 47.1 Å². The summed E-state index contributed by atoms with van der Waals surface area (Å²) in [5, 5.41) is 34.9. The van der Waals surface area contributed by atoms with Gasteiger partial charge < -0.3 is 9.13 Å². The van der Waals surface area contributed by atoms with Crippen molar-refractivity contribution in [3.63, 3.8) is 0 Å². The molecule has 84 heavy (non-hydrogen) atoms. The standard InChI is InChI=1S/C74H40N10/c1-78-59-29-21-50(22-30-59)56-25-33-66-61(39-56)62-40-57(51-23-31-60(79-2)32-24-51)26-34-67(62)83(66)70-42-65(74-81-72(52-9-5-3-6-10-52)80-73(82-74)53-11-7-4-8-12-53)71(41-58(70)45-77)84-68-35-27-54(48-17-13-46(43-75)14-18-48)37-63(68)64-38-55(28-36-69(64)84)49-19-15-47(44-76)16-20-49/h3-42H. The Bertz CT molecular complexity index is 4910. The summed E-state index contributed by atoms with van der Waals surface area (Å²) in [5.74, 6) is 1.34. The van der Waals surface area contributed by atoms with Crippen molar-refractivity contribution in [1.82, 2.24) is 24.1 Å². The predicted molar refractivity (Wildman–Crippen MR) is 333 cm³/mol. The zero-order valence-corrected chi connectivity index (χ0v) is 44.6. The Balaban J connectivity index is 1.08. The molecule has 0 unspecified atom stereocenters. The summed E-state index contributed by atoms with van der Waals surface area (Å²) in [6.45, 7) is 15.2. The minimum Gasteiger partial charge on any atom is -0.308 e. The lowest BCUT2D eigenvalue weighted by Crippen LogP contribution is -2.07. The van der Waals surface area contributed by atoms with E-state index in [0.29, 0.717) is 62.5 Å². The minimum absolute atomic E-state index is 0.387. The highest BCUT2D eigenvalue weighted by Gasteiger charge is 2.25. The van der Waals surface area contributed by atoms with Crippen LogP contribution < -0.4 is 0 Å². The fourth-order valence-electron chi connectivity index (χ4n) is 11.4. The molecule has 0 bridgehead atoms. The summed E-state index contributed by atoms with van der Waals surface area (Å²) in [4.78, 5) is 23.1. The quantitative estimate of drug-likeness (QED) is 0.132. The van der Waals surface area contributed by atoms with Crippen LogP contribution in [-0.2, 0) is 0 Å². The van der Waals surface area contributed by atoms with Crippen molar-refractivity contribution in [2.45, 2.75) is 0 Å². The third-order valence-electron chi connectivity index (χ3n) is 15.5. The maximum absolute atomic E-state index is 11.7. The molecule has 10 heteroatoms.